The van der Waals surface area contributed by atoms with Gasteiger partial charge < -0.3 is 10.4 Å². The minimum Gasteiger partial charge on any atom is -0.478 e. The van der Waals surface area contributed by atoms with Gasteiger partial charge in [-0.15, -0.1) is 11.3 Å². The SMILES string of the molecule is O=C(O)c1ccc(CNc2ccc(Cl)s2)cc1. The molecule has 88 valence electrons. The van der Waals surface area contributed by atoms with Gasteiger partial charge in [0.15, 0.2) is 0 Å². The van der Waals surface area contributed by atoms with E-state index < -0.39 is 5.97 Å². The quantitative estimate of drug-likeness (QED) is 0.888. The summed E-state index contributed by atoms with van der Waals surface area (Å²) in [7, 11) is 0. The molecule has 1 heterocycles. The molecule has 0 aliphatic heterocycles. The third-order valence-corrected chi connectivity index (χ3v) is 3.43. The highest BCUT2D eigenvalue weighted by Gasteiger charge is 2.02. The molecule has 0 atom stereocenters. The van der Waals surface area contributed by atoms with E-state index in [9.17, 15) is 4.79 Å². The van der Waals surface area contributed by atoms with Crippen LogP contribution in [0.1, 0.15) is 15.9 Å². The van der Waals surface area contributed by atoms with Gasteiger partial charge in [-0.05, 0) is 29.8 Å². The van der Waals surface area contributed by atoms with Gasteiger partial charge in [-0.3, -0.25) is 0 Å². The molecule has 0 aliphatic carbocycles. The number of rotatable bonds is 4. The second-order valence-electron chi connectivity index (χ2n) is 3.46. The molecule has 2 N–H and O–H groups in total. The lowest BCUT2D eigenvalue weighted by atomic mass is 10.1. The molecule has 2 rings (SSSR count). The average molecular weight is 268 g/mol. The second kappa shape index (κ2) is 5.21. The normalized spacial score (nSPS) is 10.2. The first-order valence-electron chi connectivity index (χ1n) is 4.96. The molecule has 3 nitrogen and oxygen atoms in total. The number of carboxylic acids is 1. The zero-order valence-corrected chi connectivity index (χ0v) is 10.4. The summed E-state index contributed by atoms with van der Waals surface area (Å²) in [5, 5.41) is 13.0. The zero-order valence-electron chi connectivity index (χ0n) is 8.81. The fourth-order valence-corrected chi connectivity index (χ4v) is 2.30. The summed E-state index contributed by atoms with van der Waals surface area (Å²) in [5.41, 5.74) is 1.33. The van der Waals surface area contributed by atoms with E-state index >= 15 is 0 Å². The molecule has 0 saturated carbocycles. The molecule has 0 radical (unpaired) electrons. The van der Waals surface area contributed by atoms with Gasteiger partial charge >= 0.3 is 5.97 Å². The van der Waals surface area contributed by atoms with Gasteiger partial charge in [0, 0.05) is 6.54 Å². The van der Waals surface area contributed by atoms with Crippen LogP contribution < -0.4 is 5.32 Å². The van der Waals surface area contributed by atoms with Crippen molar-refractivity contribution in [2.75, 3.05) is 5.32 Å². The van der Waals surface area contributed by atoms with Crippen LogP contribution in [0.4, 0.5) is 5.00 Å². The molecular formula is C12H10ClNO2S. The Kier molecular flexibility index (Phi) is 3.66. The summed E-state index contributed by atoms with van der Waals surface area (Å²) in [6, 6.07) is 10.5. The van der Waals surface area contributed by atoms with E-state index in [4.69, 9.17) is 16.7 Å². The van der Waals surface area contributed by atoms with Crippen LogP contribution in [0.3, 0.4) is 0 Å². The number of thiophene rings is 1. The lowest BCUT2D eigenvalue weighted by Gasteiger charge is -2.03. The maximum absolute atomic E-state index is 10.7. The molecule has 0 spiro atoms. The average Bonchev–Trinajstić information content (AvgIpc) is 2.73. The van der Waals surface area contributed by atoms with Crippen LogP contribution in [0.5, 0.6) is 0 Å². The summed E-state index contributed by atoms with van der Waals surface area (Å²) < 4.78 is 0.744. The number of carbonyl (C=O) groups is 1. The van der Waals surface area contributed by atoms with Gasteiger partial charge in [-0.1, -0.05) is 23.7 Å². The maximum atomic E-state index is 10.7. The number of nitrogens with one attached hydrogen (secondary N) is 1. The molecule has 17 heavy (non-hydrogen) atoms. The highest BCUT2D eigenvalue weighted by molar-refractivity contribution is 7.19. The first-order valence-corrected chi connectivity index (χ1v) is 6.16. The van der Waals surface area contributed by atoms with Crippen molar-refractivity contribution in [3.8, 4) is 0 Å². The van der Waals surface area contributed by atoms with Crippen LogP contribution in [0.2, 0.25) is 4.34 Å². The summed E-state index contributed by atoms with van der Waals surface area (Å²) in [5.74, 6) is -0.908. The van der Waals surface area contributed by atoms with Gasteiger partial charge in [0.2, 0.25) is 0 Å². The Balaban J connectivity index is 1.97. The summed E-state index contributed by atoms with van der Waals surface area (Å²) in [4.78, 5) is 10.7. The predicted octanol–water partition coefficient (Wildman–Crippen LogP) is 3.71. The Morgan fingerprint density at radius 3 is 2.47 bits per heavy atom. The smallest absolute Gasteiger partial charge is 0.335 e. The Hall–Kier alpha value is -1.52. The molecule has 0 saturated heterocycles. The number of aromatic carboxylic acids is 1. The van der Waals surface area contributed by atoms with Gasteiger partial charge in [0.25, 0.3) is 0 Å². The number of halogens is 1. The molecular weight excluding hydrogens is 258 g/mol. The Bertz CT molecular complexity index is 522. The van der Waals surface area contributed by atoms with Crippen LogP contribution >= 0.6 is 22.9 Å². The van der Waals surface area contributed by atoms with Crippen molar-refractivity contribution in [1.82, 2.24) is 0 Å². The molecule has 2 aromatic rings. The van der Waals surface area contributed by atoms with Gasteiger partial charge in [0.1, 0.15) is 0 Å². The monoisotopic (exact) mass is 267 g/mol. The van der Waals surface area contributed by atoms with Gasteiger partial charge in [-0.2, -0.15) is 0 Å². The topological polar surface area (TPSA) is 49.3 Å². The number of hydrogen-bond donors (Lipinski definition) is 2. The third-order valence-electron chi connectivity index (χ3n) is 2.24. The first-order chi connectivity index (χ1) is 8.15. The zero-order chi connectivity index (χ0) is 12.3. The number of hydrogen-bond acceptors (Lipinski definition) is 3. The third kappa shape index (κ3) is 3.22. The van der Waals surface area contributed by atoms with Crippen LogP contribution in [0, 0.1) is 0 Å². The number of anilines is 1. The molecule has 1 aromatic carbocycles. The molecule has 0 bridgehead atoms. The Morgan fingerprint density at radius 2 is 1.94 bits per heavy atom. The van der Waals surface area contributed by atoms with Crippen LogP contribution in [0.25, 0.3) is 0 Å². The standard InChI is InChI=1S/C12H10ClNO2S/c13-10-5-6-11(17-10)14-7-8-1-3-9(4-2-8)12(15)16/h1-6,14H,7H2,(H,15,16). The van der Waals surface area contributed by atoms with Gasteiger partial charge in [0.05, 0.1) is 14.9 Å². The van der Waals surface area contributed by atoms with E-state index in [1.165, 1.54) is 11.3 Å². The minimum absolute atomic E-state index is 0.299. The van der Waals surface area contributed by atoms with E-state index in [1.807, 2.05) is 12.1 Å². The van der Waals surface area contributed by atoms with Crippen LogP contribution in [0.15, 0.2) is 36.4 Å². The fourth-order valence-electron chi connectivity index (χ4n) is 1.36. The fraction of sp³-hybridized carbons (Fsp3) is 0.0833. The Morgan fingerprint density at radius 1 is 1.24 bits per heavy atom. The number of benzene rings is 1. The van der Waals surface area contributed by atoms with E-state index in [0.717, 1.165) is 14.9 Å². The second-order valence-corrected chi connectivity index (χ2v) is 5.17. The van der Waals surface area contributed by atoms with Crippen molar-refractivity contribution in [1.29, 1.82) is 0 Å². The van der Waals surface area contributed by atoms with Gasteiger partial charge in [-0.25, -0.2) is 4.79 Å². The molecule has 0 amide bonds. The van der Waals surface area contributed by atoms with E-state index in [0.29, 0.717) is 12.1 Å². The van der Waals surface area contributed by atoms with Crippen molar-refractivity contribution in [3.05, 3.63) is 51.9 Å². The van der Waals surface area contributed by atoms with E-state index in [1.54, 1.807) is 24.3 Å². The van der Waals surface area contributed by atoms with E-state index in [2.05, 4.69) is 5.32 Å². The predicted molar refractivity (Wildman–Crippen MR) is 70.1 cm³/mol. The van der Waals surface area contributed by atoms with Crippen molar-refractivity contribution < 1.29 is 9.90 Å². The summed E-state index contributed by atoms with van der Waals surface area (Å²) in [6.45, 7) is 0.650. The van der Waals surface area contributed by atoms with Crippen molar-refractivity contribution in [2.24, 2.45) is 0 Å². The molecule has 1 aromatic heterocycles. The molecule has 0 aliphatic rings. The largest absolute Gasteiger partial charge is 0.478 e. The lowest BCUT2D eigenvalue weighted by Crippen LogP contribution is -1.99. The lowest BCUT2D eigenvalue weighted by molar-refractivity contribution is 0.0697. The maximum Gasteiger partial charge on any atom is 0.335 e. The first kappa shape index (κ1) is 12.0. The molecule has 5 heteroatoms. The Labute approximate surface area is 108 Å². The van der Waals surface area contributed by atoms with Crippen molar-refractivity contribution in [2.45, 2.75) is 6.54 Å². The molecule has 0 fully saturated rings. The highest BCUT2D eigenvalue weighted by atomic mass is 35.5. The molecule has 0 unspecified atom stereocenters. The summed E-state index contributed by atoms with van der Waals surface area (Å²) in [6.07, 6.45) is 0. The van der Waals surface area contributed by atoms with Crippen LogP contribution in [-0.2, 0) is 6.54 Å². The minimum atomic E-state index is -0.908. The van der Waals surface area contributed by atoms with Crippen molar-refractivity contribution in [3.63, 3.8) is 0 Å². The summed E-state index contributed by atoms with van der Waals surface area (Å²) >= 11 is 7.29. The van der Waals surface area contributed by atoms with E-state index in [-0.39, 0.29) is 0 Å². The van der Waals surface area contributed by atoms with Crippen molar-refractivity contribution >= 4 is 33.9 Å². The van der Waals surface area contributed by atoms with Crippen LogP contribution in [-0.4, -0.2) is 11.1 Å². The highest BCUT2D eigenvalue weighted by Crippen LogP contribution is 2.26. The number of carboxylic acid groups (broad SMARTS) is 1.